The van der Waals surface area contributed by atoms with Crippen LogP contribution in [-0.2, 0) is 6.18 Å². The summed E-state index contributed by atoms with van der Waals surface area (Å²) in [7, 11) is 0. The number of alkyl halides is 3. The Morgan fingerprint density at radius 1 is 1.04 bits per heavy atom. The van der Waals surface area contributed by atoms with Gasteiger partial charge in [-0.3, -0.25) is 0 Å². The molecule has 0 fully saturated rings. The van der Waals surface area contributed by atoms with Gasteiger partial charge in [0.05, 0.1) is 5.56 Å². The highest BCUT2D eigenvalue weighted by Crippen LogP contribution is 2.35. The first-order valence-corrected chi connectivity index (χ1v) is 7.73. The van der Waals surface area contributed by atoms with E-state index in [9.17, 15) is 17.6 Å². The molecule has 0 saturated heterocycles. The molecule has 1 aliphatic heterocycles. The smallest absolute Gasteiger partial charge is 0.324 e. The van der Waals surface area contributed by atoms with Crippen LogP contribution in [0.4, 0.5) is 23.5 Å². The molecule has 1 aliphatic rings. The van der Waals surface area contributed by atoms with E-state index in [0.29, 0.717) is 22.8 Å². The Balaban J connectivity index is 1.80. The zero-order chi connectivity index (χ0) is 18.3. The van der Waals surface area contributed by atoms with Crippen molar-refractivity contribution in [1.29, 1.82) is 0 Å². The lowest BCUT2D eigenvalue weighted by atomic mass is 10.00. The number of nitrogens with one attached hydrogen (secondary N) is 1. The van der Waals surface area contributed by atoms with Gasteiger partial charge in [-0.25, -0.2) is 9.07 Å². The molecule has 8 heteroatoms. The molecule has 132 valence electrons. The van der Waals surface area contributed by atoms with E-state index in [4.69, 9.17) is 0 Å². The van der Waals surface area contributed by atoms with Crippen molar-refractivity contribution in [3.05, 3.63) is 83.4 Å². The van der Waals surface area contributed by atoms with Crippen LogP contribution in [0.25, 0.3) is 5.70 Å². The summed E-state index contributed by atoms with van der Waals surface area (Å²) in [5.74, 6) is 0.0250. The highest BCUT2D eigenvalue weighted by molar-refractivity contribution is 5.77. The Morgan fingerprint density at radius 3 is 2.54 bits per heavy atom. The second-order valence-corrected chi connectivity index (χ2v) is 5.81. The predicted octanol–water partition coefficient (Wildman–Crippen LogP) is 4.49. The standard InChI is InChI=1S/C18H12F4N4/c19-14-6-4-11(5-7-14)15-9-16(26-17(25-15)23-10-24-26)12-2-1-3-13(8-12)18(20,21)22/h1-10,16H,(H,23,24,25). The first kappa shape index (κ1) is 16.3. The van der Waals surface area contributed by atoms with E-state index < -0.39 is 17.8 Å². The molecule has 4 rings (SSSR count). The monoisotopic (exact) mass is 360 g/mol. The molecule has 0 spiro atoms. The normalized spacial score (nSPS) is 16.6. The lowest BCUT2D eigenvalue weighted by molar-refractivity contribution is -0.137. The Labute approximate surface area is 145 Å². The number of aromatic nitrogens is 3. The van der Waals surface area contributed by atoms with Crippen molar-refractivity contribution >= 4 is 11.6 Å². The molecule has 1 N–H and O–H groups in total. The SMILES string of the molecule is Fc1ccc(C2=CC(c3cccc(C(F)(F)F)c3)n3ncnc3N2)cc1. The number of hydrogen-bond donors (Lipinski definition) is 1. The number of nitrogens with zero attached hydrogens (tertiary/aromatic N) is 3. The van der Waals surface area contributed by atoms with Gasteiger partial charge in [-0.05, 0) is 53.6 Å². The van der Waals surface area contributed by atoms with Crippen LogP contribution in [0.5, 0.6) is 0 Å². The van der Waals surface area contributed by atoms with Crippen LogP contribution in [0.15, 0.2) is 60.9 Å². The molecule has 0 saturated carbocycles. The summed E-state index contributed by atoms with van der Waals surface area (Å²) < 4.78 is 53.8. The van der Waals surface area contributed by atoms with Crippen LogP contribution in [0, 0.1) is 5.82 Å². The molecule has 0 bridgehead atoms. The van der Waals surface area contributed by atoms with E-state index in [0.717, 1.165) is 12.1 Å². The molecule has 1 unspecified atom stereocenters. The van der Waals surface area contributed by atoms with E-state index in [1.165, 1.54) is 29.2 Å². The van der Waals surface area contributed by atoms with E-state index in [1.54, 1.807) is 24.3 Å². The third kappa shape index (κ3) is 2.94. The number of halogens is 4. The number of benzene rings is 2. The minimum atomic E-state index is -4.43. The highest BCUT2D eigenvalue weighted by Gasteiger charge is 2.32. The number of anilines is 1. The van der Waals surface area contributed by atoms with Crippen molar-refractivity contribution in [3.63, 3.8) is 0 Å². The zero-order valence-electron chi connectivity index (χ0n) is 13.2. The lowest BCUT2D eigenvalue weighted by Gasteiger charge is -2.25. The van der Waals surface area contributed by atoms with Gasteiger partial charge in [0.2, 0.25) is 5.95 Å². The molecule has 2 heterocycles. The molecule has 4 nitrogen and oxygen atoms in total. The van der Waals surface area contributed by atoms with Gasteiger partial charge in [-0.1, -0.05) is 12.1 Å². The van der Waals surface area contributed by atoms with Gasteiger partial charge in [0.25, 0.3) is 0 Å². The maximum absolute atomic E-state index is 13.2. The molecule has 0 radical (unpaired) electrons. The molecule has 1 aromatic heterocycles. The summed E-state index contributed by atoms with van der Waals surface area (Å²) >= 11 is 0. The maximum atomic E-state index is 13.2. The number of allylic oxidation sites excluding steroid dienone is 1. The van der Waals surface area contributed by atoms with Gasteiger partial charge in [0, 0.05) is 5.70 Å². The van der Waals surface area contributed by atoms with Gasteiger partial charge < -0.3 is 5.32 Å². The third-order valence-corrected chi connectivity index (χ3v) is 4.12. The molecular formula is C18H12F4N4. The fourth-order valence-corrected chi connectivity index (χ4v) is 2.87. The van der Waals surface area contributed by atoms with E-state index in [1.807, 2.05) is 0 Å². The number of fused-ring (bicyclic) bond motifs is 1. The van der Waals surface area contributed by atoms with Crippen LogP contribution in [-0.4, -0.2) is 14.8 Å². The molecule has 2 aromatic carbocycles. The van der Waals surface area contributed by atoms with Gasteiger partial charge in [-0.15, -0.1) is 0 Å². The second kappa shape index (κ2) is 5.98. The molecule has 26 heavy (non-hydrogen) atoms. The second-order valence-electron chi connectivity index (χ2n) is 5.81. The molecule has 0 aliphatic carbocycles. The molecule has 1 atom stereocenters. The third-order valence-electron chi connectivity index (χ3n) is 4.12. The fraction of sp³-hybridized carbons (Fsp3) is 0.111. The van der Waals surface area contributed by atoms with Gasteiger partial charge in [-0.2, -0.15) is 23.3 Å². The van der Waals surface area contributed by atoms with Crippen LogP contribution in [0.3, 0.4) is 0 Å². The minimum absolute atomic E-state index is 0.372. The first-order valence-electron chi connectivity index (χ1n) is 7.73. The summed E-state index contributed by atoms with van der Waals surface area (Å²) in [6.07, 6.45) is -1.37. The van der Waals surface area contributed by atoms with Crippen LogP contribution in [0.1, 0.15) is 22.7 Å². The van der Waals surface area contributed by atoms with Crippen molar-refractivity contribution in [1.82, 2.24) is 14.8 Å². The average Bonchev–Trinajstić information content (AvgIpc) is 3.09. The summed E-state index contributed by atoms with van der Waals surface area (Å²) in [5.41, 5.74) is 1.00. The Bertz CT molecular complexity index is 973. The average molecular weight is 360 g/mol. The van der Waals surface area contributed by atoms with Crippen molar-refractivity contribution in [2.45, 2.75) is 12.2 Å². The van der Waals surface area contributed by atoms with Crippen molar-refractivity contribution in [2.24, 2.45) is 0 Å². The Hall–Kier alpha value is -3.16. The first-order chi connectivity index (χ1) is 12.4. The van der Waals surface area contributed by atoms with Crippen molar-refractivity contribution in [3.8, 4) is 0 Å². The molecule has 0 amide bonds. The molecular weight excluding hydrogens is 348 g/mol. The number of rotatable bonds is 2. The largest absolute Gasteiger partial charge is 0.416 e. The summed E-state index contributed by atoms with van der Waals surface area (Å²) in [4.78, 5) is 4.10. The van der Waals surface area contributed by atoms with E-state index >= 15 is 0 Å². The Morgan fingerprint density at radius 2 is 1.81 bits per heavy atom. The lowest BCUT2D eigenvalue weighted by Crippen LogP contribution is -2.20. The Kier molecular flexibility index (Phi) is 3.75. The minimum Gasteiger partial charge on any atom is -0.324 e. The zero-order valence-corrected chi connectivity index (χ0v) is 13.2. The van der Waals surface area contributed by atoms with Crippen LogP contribution >= 0.6 is 0 Å². The van der Waals surface area contributed by atoms with Gasteiger partial charge >= 0.3 is 6.18 Å². The topological polar surface area (TPSA) is 42.7 Å². The summed E-state index contributed by atoms with van der Waals surface area (Å²) in [5, 5.41) is 7.17. The summed E-state index contributed by atoms with van der Waals surface area (Å²) in [6.45, 7) is 0. The van der Waals surface area contributed by atoms with E-state index in [-0.39, 0.29) is 5.82 Å². The van der Waals surface area contributed by atoms with Crippen molar-refractivity contribution in [2.75, 3.05) is 5.32 Å². The summed E-state index contributed by atoms with van der Waals surface area (Å²) in [6, 6.07) is 10.3. The van der Waals surface area contributed by atoms with Crippen molar-refractivity contribution < 1.29 is 17.6 Å². The highest BCUT2D eigenvalue weighted by atomic mass is 19.4. The van der Waals surface area contributed by atoms with Gasteiger partial charge in [0.15, 0.2) is 0 Å². The quantitative estimate of drug-likeness (QED) is 0.685. The molecule has 3 aromatic rings. The maximum Gasteiger partial charge on any atom is 0.416 e. The van der Waals surface area contributed by atoms with Gasteiger partial charge in [0.1, 0.15) is 18.2 Å². The van der Waals surface area contributed by atoms with Crippen LogP contribution < -0.4 is 5.32 Å². The van der Waals surface area contributed by atoms with E-state index in [2.05, 4.69) is 15.4 Å². The predicted molar refractivity (Wildman–Crippen MR) is 87.6 cm³/mol. The van der Waals surface area contributed by atoms with Crippen LogP contribution in [0.2, 0.25) is 0 Å². The fourth-order valence-electron chi connectivity index (χ4n) is 2.87. The number of hydrogen-bond acceptors (Lipinski definition) is 3.